The van der Waals surface area contributed by atoms with E-state index in [1.807, 2.05) is 0 Å². The van der Waals surface area contributed by atoms with Gasteiger partial charge in [-0.05, 0) is 12.1 Å². The number of carbonyl (C=O) groups excluding carboxylic acids is 2. The first-order valence-corrected chi connectivity index (χ1v) is 4.28. The van der Waals surface area contributed by atoms with Crippen LogP contribution in [0.5, 0.6) is 5.75 Å². The lowest BCUT2D eigenvalue weighted by Gasteiger charge is -2.03. The van der Waals surface area contributed by atoms with E-state index >= 15 is 0 Å². The van der Waals surface area contributed by atoms with Gasteiger partial charge in [-0.2, -0.15) is 0 Å². The standard InChI is InChI=1S/C9H7NO7/c11-5-15-6-16-9(12)17-8-3-1-7(2-4-8)10(13)14/h1-5H,6H2. The maximum absolute atomic E-state index is 10.9. The van der Waals surface area contributed by atoms with Gasteiger partial charge in [0.2, 0.25) is 6.79 Å². The summed E-state index contributed by atoms with van der Waals surface area (Å²) in [6, 6.07) is 4.81. The van der Waals surface area contributed by atoms with E-state index in [0.29, 0.717) is 0 Å². The molecule has 90 valence electrons. The summed E-state index contributed by atoms with van der Waals surface area (Å²) < 4.78 is 13.0. The Hall–Kier alpha value is -2.64. The molecular formula is C9H7NO7. The van der Waals surface area contributed by atoms with Crippen molar-refractivity contribution >= 4 is 18.3 Å². The number of rotatable bonds is 5. The fourth-order valence-corrected chi connectivity index (χ4v) is 0.871. The average Bonchev–Trinajstić information content (AvgIpc) is 2.30. The lowest BCUT2D eigenvalue weighted by atomic mass is 10.3. The Balaban J connectivity index is 2.48. The Morgan fingerprint density at radius 3 is 2.53 bits per heavy atom. The van der Waals surface area contributed by atoms with Gasteiger partial charge in [-0.3, -0.25) is 14.9 Å². The Morgan fingerprint density at radius 2 is 2.00 bits per heavy atom. The number of nitrogens with zero attached hydrogens (tertiary/aromatic N) is 1. The molecule has 0 saturated carbocycles. The van der Waals surface area contributed by atoms with Gasteiger partial charge >= 0.3 is 6.16 Å². The molecule has 0 aliphatic carbocycles. The molecule has 1 aromatic rings. The first kappa shape index (κ1) is 12.4. The second-order valence-corrected chi connectivity index (χ2v) is 2.63. The van der Waals surface area contributed by atoms with Gasteiger partial charge in [-0.25, -0.2) is 4.79 Å². The quantitative estimate of drug-likeness (QED) is 0.145. The summed E-state index contributed by atoms with van der Waals surface area (Å²) in [5, 5.41) is 10.3. The average molecular weight is 241 g/mol. The molecule has 0 spiro atoms. The van der Waals surface area contributed by atoms with E-state index in [2.05, 4.69) is 14.2 Å². The zero-order chi connectivity index (χ0) is 12.7. The molecule has 1 rings (SSSR count). The van der Waals surface area contributed by atoms with Gasteiger partial charge in [0.25, 0.3) is 12.2 Å². The number of carbonyl (C=O) groups is 2. The van der Waals surface area contributed by atoms with Crippen LogP contribution in [-0.2, 0) is 14.3 Å². The van der Waals surface area contributed by atoms with Gasteiger partial charge < -0.3 is 14.2 Å². The number of benzene rings is 1. The number of ether oxygens (including phenoxy) is 3. The number of non-ortho nitro benzene ring substituents is 1. The lowest BCUT2D eigenvalue weighted by Crippen LogP contribution is -2.12. The van der Waals surface area contributed by atoms with Crippen LogP contribution in [0.4, 0.5) is 10.5 Å². The molecular weight excluding hydrogens is 234 g/mol. The van der Waals surface area contributed by atoms with Gasteiger partial charge in [-0.15, -0.1) is 0 Å². The van der Waals surface area contributed by atoms with E-state index in [4.69, 9.17) is 0 Å². The molecule has 0 aliphatic heterocycles. The predicted octanol–water partition coefficient (Wildman–Crippen LogP) is 1.24. The smallest absolute Gasteiger partial charge is 0.430 e. The molecule has 8 nitrogen and oxygen atoms in total. The summed E-state index contributed by atoms with van der Waals surface area (Å²) in [6.07, 6.45) is -1.08. The van der Waals surface area contributed by atoms with E-state index in [1.54, 1.807) is 0 Å². The molecule has 0 bridgehead atoms. The fraction of sp³-hybridized carbons (Fsp3) is 0.111. The Morgan fingerprint density at radius 1 is 1.35 bits per heavy atom. The van der Waals surface area contributed by atoms with Crippen LogP contribution in [0.1, 0.15) is 0 Å². The van der Waals surface area contributed by atoms with Crippen molar-refractivity contribution in [2.45, 2.75) is 0 Å². The third-order valence-electron chi connectivity index (χ3n) is 1.56. The summed E-state index contributed by atoms with van der Waals surface area (Å²) in [5.41, 5.74) is -0.130. The summed E-state index contributed by atoms with van der Waals surface area (Å²) >= 11 is 0. The van der Waals surface area contributed by atoms with E-state index in [-0.39, 0.29) is 17.9 Å². The monoisotopic (exact) mass is 241 g/mol. The highest BCUT2D eigenvalue weighted by Gasteiger charge is 2.08. The minimum absolute atomic E-state index is 0.0757. The van der Waals surface area contributed by atoms with Crippen molar-refractivity contribution in [2.24, 2.45) is 0 Å². The van der Waals surface area contributed by atoms with Gasteiger partial charge in [0.15, 0.2) is 0 Å². The molecule has 0 fully saturated rings. The number of hydrogen-bond donors (Lipinski definition) is 0. The Bertz CT molecular complexity index is 414. The van der Waals surface area contributed by atoms with Crippen molar-refractivity contribution in [3.8, 4) is 5.75 Å². The van der Waals surface area contributed by atoms with Crippen molar-refractivity contribution in [1.29, 1.82) is 0 Å². The summed E-state index contributed by atoms with van der Waals surface area (Å²) in [5.74, 6) is 0.0757. The van der Waals surface area contributed by atoms with Crippen LogP contribution in [-0.4, -0.2) is 24.3 Å². The molecule has 0 amide bonds. The van der Waals surface area contributed by atoms with Crippen molar-refractivity contribution in [1.82, 2.24) is 0 Å². The van der Waals surface area contributed by atoms with Crippen molar-refractivity contribution < 1.29 is 28.7 Å². The largest absolute Gasteiger partial charge is 0.516 e. The third kappa shape index (κ3) is 4.16. The minimum atomic E-state index is -1.08. The highest BCUT2D eigenvalue weighted by atomic mass is 16.8. The zero-order valence-electron chi connectivity index (χ0n) is 8.40. The molecule has 8 heteroatoms. The Labute approximate surface area is 94.8 Å². The van der Waals surface area contributed by atoms with Gasteiger partial charge in [0.05, 0.1) is 4.92 Å². The summed E-state index contributed by atoms with van der Waals surface area (Å²) in [6.45, 7) is -0.450. The zero-order valence-corrected chi connectivity index (χ0v) is 8.40. The van der Waals surface area contributed by atoms with E-state index in [0.717, 1.165) is 0 Å². The maximum Gasteiger partial charge on any atom is 0.516 e. The van der Waals surface area contributed by atoms with Crippen LogP contribution < -0.4 is 4.74 Å². The first-order valence-electron chi connectivity index (χ1n) is 4.28. The fourth-order valence-electron chi connectivity index (χ4n) is 0.871. The number of hydrogen-bond acceptors (Lipinski definition) is 7. The molecule has 17 heavy (non-hydrogen) atoms. The van der Waals surface area contributed by atoms with Crippen molar-refractivity contribution in [3.63, 3.8) is 0 Å². The third-order valence-corrected chi connectivity index (χ3v) is 1.56. The van der Waals surface area contributed by atoms with E-state index in [9.17, 15) is 19.7 Å². The Kier molecular flexibility index (Phi) is 4.43. The molecule has 0 aromatic heterocycles. The van der Waals surface area contributed by atoms with E-state index in [1.165, 1.54) is 24.3 Å². The summed E-state index contributed by atoms with van der Waals surface area (Å²) in [4.78, 5) is 30.4. The number of nitro groups is 1. The number of nitro benzene ring substituents is 1. The minimum Gasteiger partial charge on any atom is -0.430 e. The lowest BCUT2D eigenvalue weighted by molar-refractivity contribution is -0.384. The highest BCUT2D eigenvalue weighted by Crippen LogP contribution is 2.17. The van der Waals surface area contributed by atoms with Crippen LogP contribution >= 0.6 is 0 Å². The van der Waals surface area contributed by atoms with Crippen molar-refractivity contribution in [2.75, 3.05) is 6.79 Å². The highest BCUT2D eigenvalue weighted by molar-refractivity contribution is 5.63. The van der Waals surface area contributed by atoms with Crippen molar-refractivity contribution in [3.05, 3.63) is 34.4 Å². The SMILES string of the molecule is O=COCOC(=O)Oc1ccc([N+](=O)[O-])cc1. The summed E-state index contributed by atoms with van der Waals surface area (Å²) in [7, 11) is 0. The normalized spacial score (nSPS) is 9.18. The molecule has 0 aliphatic rings. The topological polar surface area (TPSA) is 105 Å². The predicted molar refractivity (Wildman–Crippen MR) is 52.2 cm³/mol. The van der Waals surface area contributed by atoms with Crippen LogP contribution in [0.25, 0.3) is 0 Å². The van der Waals surface area contributed by atoms with Crippen LogP contribution in [0.3, 0.4) is 0 Å². The second kappa shape index (κ2) is 6.05. The maximum atomic E-state index is 10.9. The van der Waals surface area contributed by atoms with E-state index < -0.39 is 17.9 Å². The van der Waals surface area contributed by atoms with Crippen LogP contribution in [0, 0.1) is 10.1 Å². The molecule has 0 saturated heterocycles. The molecule has 0 unspecified atom stereocenters. The van der Waals surface area contributed by atoms with Crippen LogP contribution in [0.2, 0.25) is 0 Å². The molecule has 0 radical (unpaired) electrons. The van der Waals surface area contributed by atoms with Gasteiger partial charge in [0, 0.05) is 12.1 Å². The molecule has 0 atom stereocenters. The first-order chi connectivity index (χ1) is 8.13. The van der Waals surface area contributed by atoms with Gasteiger partial charge in [0.1, 0.15) is 5.75 Å². The molecule has 1 aromatic carbocycles. The van der Waals surface area contributed by atoms with Crippen LogP contribution in [0.15, 0.2) is 24.3 Å². The molecule has 0 N–H and O–H groups in total. The van der Waals surface area contributed by atoms with Gasteiger partial charge in [-0.1, -0.05) is 0 Å². The molecule has 0 heterocycles. The second-order valence-electron chi connectivity index (χ2n) is 2.63.